The minimum absolute atomic E-state index is 0.0625. The Morgan fingerprint density at radius 2 is 2.50 bits per heavy atom. The van der Waals surface area contributed by atoms with Crippen LogP contribution in [0.2, 0.25) is 0 Å². The standard InChI is InChI=1S/C10H10N2OS/c1-4-11-12-8(1)10-7-3-6-14-9(7)2-5-13-10/h1,3-4,6,10H,2,5H2,(H,11,12). The van der Waals surface area contributed by atoms with Gasteiger partial charge in [-0.15, -0.1) is 11.3 Å². The number of aromatic nitrogens is 2. The largest absolute Gasteiger partial charge is 0.367 e. The van der Waals surface area contributed by atoms with Crippen molar-refractivity contribution < 1.29 is 4.74 Å². The molecule has 1 N–H and O–H groups in total. The normalized spacial score (nSPS) is 20.7. The highest BCUT2D eigenvalue weighted by Gasteiger charge is 2.24. The highest BCUT2D eigenvalue weighted by Crippen LogP contribution is 2.34. The van der Waals surface area contributed by atoms with Crippen molar-refractivity contribution in [3.63, 3.8) is 0 Å². The van der Waals surface area contributed by atoms with Crippen LogP contribution in [-0.2, 0) is 11.2 Å². The van der Waals surface area contributed by atoms with Crippen LogP contribution in [0.3, 0.4) is 0 Å². The fourth-order valence-corrected chi connectivity index (χ4v) is 2.71. The van der Waals surface area contributed by atoms with E-state index in [0.717, 1.165) is 18.7 Å². The minimum Gasteiger partial charge on any atom is -0.367 e. The molecule has 0 spiro atoms. The molecular formula is C10H10N2OS. The number of nitrogens with one attached hydrogen (secondary N) is 1. The van der Waals surface area contributed by atoms with Gasteiger partial charge in [-0.1, -0.05) is 0 Å². The Morgan fingerprint density at radius 3 is 3.36 bits per heavy atom. The van der Waals surface area contributed by atoms with Crippen LogP contribution in [0, 0.1) is 0 Å². The first-order chi connectivity index (χ1) is 6.95. The van der Waals surface area contributed by atoms with Crippen LogP contribution < -0.4 is 0 Å². The number of H-pyrrole nitrogens is 1. The van der Waals surface area contributed by atoms with Crippen LogP contribution in [-0.4, -0.2) is 16.8 Å². The van der Waals surface area contributed by atoms with Gasteiger partial charge in [-0.3, -0.25) is 5.10 Å². The lowest BCUT2D eigenvalue weighted by Gasteiger charge is -2.21. The highest BCUT2D eigenvalue weighted by molar-refractivity contribution is 7.10. The first-order valence-electron chi connectivity index (χ1n) is 4.62. The quantitative estimate of drug-likeness (QED) is 0.776. The highest BCUT2D eigenvalue weighted by atomic mass is 32.1. The zero-order valence-corrected chi connectivity index (χ0v) is 8.38. The van der Waals surface area contributed by atoms with E-state index in [9.17, 15) is 0 Å². The second-order valence-electron chi connectivity index (χ2n) is 3.31. The number of rotatable bonds is 1. The summed E-state index contributed by atoms with van der Waals surface area (Å²) in [5.74, 6) is 0. The number of hydrogen-bond donors (Lipinski definition) is 1. The Kier molecular flexibility index (Phi) is 1.89. The van der Waals surface area contributed by atoms with Crippen LogP contribution in [0.1, 0.15) is 22.2 Å². The summed E-state index contributed by atoms with van der Waals surface area (Å²) >= 11 is 1.81. The van der Waals surface area contributed by atoms with Gasteiger partial charge in [0.05, 0.1) is 12.3 Å². The van der Waals surface area contributed by atoms with E-state index in [4.69, 9.17) is 4.74 Å². The average Bonchev–Trinajstić information content (AvgIpc) is 2.88. The van der Waals surface area contributed by atoms with Gasteiger partial charge in [-0.05, 0) is 17.5 Å². The van der Waals surface area contributed by atoms with Crippen LogP contribution in [0.25, 0.3) is 0 Å². The molecule has 0 amide bonds. The van der Waals surface area contributed by atoms with E-state index < -0.39 is 0 Å². The van der Waals surface area contributed by atoms with Crippen LogP contribution >= 0.6 is 11.3 Å². The predicted octanol–water partition coefficient (Wildman–Crippen LogP) is 2.13. The summed E-state index contributed by atoms with van der Waals surface area (Å²) in [5, 5.41) is 9.05. The van der Waals surface area contributed by atoms with E-state index in [1.54, 1.807) is 6.20 Å². The summed E-state index contributed by atoms with van der Waals surface area (Å²) in [7, 11) is 0. The van der Waals surface area contributed by atoms with Crippen molar-refractivity contribution in [3.05, 3.63) is 39.8 Å². The van der Waals surface area contributed by atoms with Crippen LogP contribution in [0.15, 0.2) is 23.7 Å². The molecule has 0 aromatic carbocycles. The molecule has 14 heavy (non-hydrogen) atoms. The summed E-state index contributed by atoms with van der Waals surface area (Å²) in [5.41, 5.74) is 2.34. The van der Waals surface area contributed by atoms with Gasteiger partial charge in [0.1, 0.15) is 6.10 Å². The van der Waals surface area contributed by atoms with Gasteiger partial charge in [0, 0.05) is 23.1 Å². The third kappa shape index (κ3) is 1.19. The first-order valence-corrected chi connectivity index (χ1v) is 5.50. The fraction of sp³-hybridized carbons (Fsp3) is 0.300. The number of thiophene rings is 1. The molecule has 1 aliphatic heterocycles. The van der Waals surface area contributed by atoms with E-state index in [2.05, 4.69) is 21.6 Å². The first kappa shape index (κ1) is 8.20. The maximum absolute atomic E-state index is 5.74. The van der Waals surface area contributed by atoms with Crippen molar-refractivity contribution in [1.82, 2.24) is 10.2 Å². The second-order valence-corrected chi connectivity index (χ2v) is 4.31. The minimum atomic E-state index is 0.0625. The van der Waals surface area contributed by atoms with E-state index in [1.807, 2.05) is 17.4 Å². The smallest absolute Gasteiger partial charge is 0.125 e. The molecule has 2 aromatic rings. The monoisotopic (exact) mass is 206 g/mol. The van der Waals surface area contributed by atoms with E-state index in [0.29, 0.717) is 0 Å². The van der Waals surface area contributed by atoms with Crippen LogP contribution in [0.5, 0.6) is 0 Å². The molecule has 0 bridgehead atoms. The van der Waals surface area contributed by atoms with E-state index in [1.165, 1.54) is 10.4 Å². The average molecular weight is 206 g/mol. The van der Waals surface area contributed by atoms with Gasteiger partial charge in [0.25, 0.3) is 0 Å². The summed E-state index contributed by atoms with van der Waals surface area (Å²) in [6, 6.07) is 4.11. The van der Waals surface area contributed by atoms with Crippen molar-refractivity contribution in [2.24, 2.45) is 0 Å². The molecule has 3 nitrogen and oxygen atoms in total. The van der Waals surface area contributed by atoms with E-state index >= 15 is 0 Å². The lowest BCUT2D eigenvalue weighted by atomic mass is 10.0. The molecule has 3 heterocycles. The number of ether oxygens (including phenoxy) is 1. The van der Waals surface area contributed by atoms with Gasteiger partial charge in [0.15, 0.2) is 0 Å². The molecule has 0 saturated carbocycles. The van der Waals surface area contributed by atoms with E-state index in [-0.39, 0.29) is 6.10 Å². The second kappa shape index (κ2) is 3.22. The zero-order valence-electron chi connectivity index (χ0n) is 7.56. The summed E-state index contributed by atoms with van der Waals surface area (Å²) in [4.78, 5) is 1.44. The van der Waals surface area contributed by atoms with Crippen molar-refractivity contribution in [3.8, 4) is 0 Å². The summed E-state index contributed by atoms with van der Waals surface area (Å²) in [6.07, 6.45) is 2.87. The molecule has 3 rings (SSSR count). The molecule has 1 unspecified atom stereocenters. The van der Waals surface area contributed by atoms with Crippen molar-refractivity contribution in [2.45, 2.75) is 12.5 Å². The summed E-state index contributed by atoms with van der Waals surface area (Å²) in [6.45, 7) is 0.803. The molecule has 1 atom stereocenters. The molecular weight excluding hydrogens is 196 g/mol. The number of nitrogens with zero attached hydrogens (tertiary/aromatic N) is 1. The molecule has 1 aliphatic rings. The lowest BCUT2D eigenvalue weighted by Crippen LogP contribution is -2.15. The third-order valence-electron chi connectivity index (χ3n) is 2.48. The maximum Gasteiger partial charge on any atom is 0.125 e. The number of hydrogen-bond acceptors (Lipinski definition) is 3. The Bertz CT molecular complexity index is 421. The Labute approximate surface area is 85.7 Å². The molecule has 4 heteroatoms. The predicted molar refractivity (Wildman–Crippen MR) is 54.4 cm³/mol. The van der Waals surface area contributed by atoms with Gasteiger partial charge in [-0.2, -0.15) is 5.10 Å². The van der Waals surface area contributed by atoms with Gasteiger partial charge >= 0.3 is 0 Å². The number of aromatic amines is 1. The van der Waals surface area contributed by atoms with Crippen molar-refractivity contribution in [2.75, 3.05) is 6.61 Å². The Hall–Kier alpha value is -1.13. The maximum atomic E-state index is 5.74. The topological polar surface area (TPSA) is 37.9 Å². The van der Waals surface area contributed by atoms with Gasteiger partial charge < -0.3 is 4.74 Å². The molecule has 0 saturated heterocycles. The van der Waals surface area contributed by atoms with Gasteiger partial charge in [0.2, 0.25) is 0 Å². The molecule has 0 radical (unpaired) electrons. The van der Waals surface area contributed by atoms with Crippen LogP contribution in [0.4, 0.5) is 0 Å². The fourth-order valence-electron chi connectivity index (χ4n) is 1.82. The molecule has 0 aliphatic carbocycles. The molecule has 72 valence electrons. The third-order valence-corrected chi connectivity index (χ3v) is 3.48. The summed E-state index contributed by atoms with van der Waals surface area (Å²) < 4.78 is 5.74. The number of fused-ring (bicyclic) bond motifs is 1. The van der Waals surface area contributed by atoms with Crippen molar-refractivity contribution >= 4 is 11.3 Å². The van der Waals surface area contributed by atoms with Crippen molar-refractivity contribution in [1.29, 1.82) is 0 Å². The molecule has 0 fully saturated rings. The Balaban J connectivity index is 2.04. The lowest BCUT2D eigenvalue weighted by molar-refractivity contribution is 0.0684. The molecule has 2 aromatic heterocycles. The Morgan fingerprint density at radius 1 is 1.50 bits per heavy atom. The zero-order chi connectivity index (χ0) is 9.38. The SMILES string of the molecule is c1cc(C2OCCc3sccc32)[nH]n1. The van der Waals surface area contributed by atoms with Gasteiger partial charge in [-0.25, -0.2) is 0 Å².